The number of rotatable bonds is 5. The van der Waals surface area contributed by atoms with Crippen LogP contribution in [0.5, 0.6) is 0 Å². The molecule has 0 saturated heterocycles. The van der Waals surface area contributed by atoms with Crippen LogP contribution in [0.2, 0.25) is 0 Å². The highest BCUT2D eigenvalue weighted by molar-refractivity contribution is 5.80. The van der Waals surface area contributed by atoms with Crippen molar-refractivity contribution in [2.45, 2.75) is 51.2 Å². The molecular formula is C20H25NO4. The minimum atomic E-state index is -1.09. The molecule has 0 fully saturated rings. The fraction of sp³-hybridized carbons (Fsp3) is 0.400. The van der Waals surface area contributed by atoms with Gasteiger partial charge >= 0.3 is 12.1 Å². The van der Waals surface area contributed by atoms with E-state index in [1.165, 1.54) is 5.56 Å². The molecule has 0 radical (unpaired) electrons. The Kier molecular flexibility index (Phi) is 6.02. The number of carbonyl (C=O) groups is 2. The van der Waals surface area contributed by atoms with Gasteiger partial charge in [-0.15, -0.1) is 0 Å². The van der Waals surface area contributed by atoms with E-state index in [2.05, 4.69) is 17.5 Å². The monoisotopic (exact) mass is 343 g/mol. The number of aliphatic carboxylic acids is 1. The molecule has 1 aromatic carbocycles. The quantitative estimate of drug-likeness (QED) is 0.852. The van der Waals surface area contributed by atoms with Crippen molar-refractivity contribution < 1.29 is 19.4 Å². The third-order valence-corrected chi connectivity index (χ3v) is 3.82. The Labute approximate surface area is 148 Å². The second-order valence-corrected chi connectivity index (χ2v) is 7.14. The largest absolute Gasteiger partial charge is 0.480 e. The number of alkyl carbamates (subject to hydrolysis) is 1. The van der Waals surface area contributed by atoms with E-state index in [4.69, 9.17) is 4.74 Å². The van der Waals surface area contributed by atoms with Crippen LogP contribution in [0.25, 0.3) is 0 Å². The second-order valence-electron chi connectivity index (χ2n) is 7.14. The van der Waals surface area contributed by atoms with E-state index in [1.54, 1.807) is 20.8 Å². The van der Waals surface area contributed by atoms with Gasteiger partial charge in [-0.05, 0) is 38.3 Å². The number of allylic oxidation sites excluding steroid dienone is 4. The Morgan fingerprint density at radius 3 is 2.44 bits per heavy atom. The van der Waals surface area contributed by atoms with Crippen LogP contribution in [0, 0.1) is 0 Å². The summed E-state index contributed by atoms with van der Waals surface area (Å²) >= 11 is 0. The van der Waals surface area contributed by atoms with Crippen LogP contribution in [0.3, 0.4) is 0 Å². The maximum atomic E-state index is 11.8. The lowest BCUT2D eigenvalue weighted by atomic mass is 9.91. The molecule has 134 valence electrons. The topological polar surface area (TPSA) is 75.6 Å². The molecule has 1 aromatic rings. The second kappa shape index (κ2) is 8.01. The first-order valence-corrected chi connectivity index (χ1v) is 8.39. The molecule has 0 aromatic heterocycles. The van der Waals surface area contributed by atoms with E-state index in [-0.39, 0.29) is 6.42 Å². The molecule has 0 saturated carbocycles. The van der Waals surface area contributed by atoms with Gasteiger partial charge in [0.1, 0.15) is 11.6 Å². The first-order valence-electron chi connectivity index (χ1n) is 8.39. The number of amides is 1. The third kappa shape index (κ3) is 6.10. The maximum Gasteiger partial charge on any atom is 0.408 e. The fourth-order valence-corrected chi connectivity index (χ4v) is 2.61. The summed E-state index contributed by atoms with van der Waals surface area (Å²) in [6.45, 7) is 5.20. The van der Waals surface area contributed by atoms with Crippen LogP contribution in [-0.2, 0) is 16.0 Å². The van der Waals surface area contributed by atoms with Gasteiger partial charge in [-0.25, -0.2) is 9.59 Å². The van der Waals surface area contributed by atoms with Crippen molar-refractivity contribution in [3.05, 3.63) is 59.7 Å². The Hall–Kier alpha value is -2.56. The van der Waals surface area contributed by atoms with E-state index >= 15 is 0 Å². The van der Waals surface area contributed by atoms with Gasteiger partial charge in [0.05, 0.1) is 0 Å². The number of hydrogen-bond donors (Lipinski definition) is 2. The summed E-state index contributed by atoms with van der Waals surface area (Å²) in [4.78, 5) is 23.2. The molecule has 5 heteroatoms. The Bertz CT molecular complexity index is 668. The van der Waals surface area contributed by atoms with Crippen molar-refractivity contribution >= 4 is 12.1 Å². The number of carboxylic acids is 1. The van der Waals surface area contributed by atoms with Crippen molar-refractivity contribution in [1.29, 1.82) is 0 Å². The van der Waals surface area contributed by atoms with Gasteiger partial charge in [0.25, 0.3) is 0 Å². The molecule has 0 heterocycles. The molecule has 2 rings (SSSR count). The molecule has 0 spiro atoms. The van der Waals surface area contributed by atoms with Crippen LogP contribution in [-0.4, -0.2) is 28.8 Å². The summed E-state index contributed by atoms with van der Waals surface area (Å²) in [5.74, 6) is -0.732. The zero-order valence-electron chi connectivity index (χ0n) is 14.9. The van der Waals surface area contributed by atoms with Gasteiger partial charge in [0.2, 0.25) is 0 Å². The number of nitrogens with one attached hydrogen (secondary N) is 1. The van der Waals surface area contributed by atoms with Crippen molar-refractivity contribution in [2.24, 2.45) is 0 Å². The van der Waals surface area contributed by atoms with E-state index in [0.29, 0.717) is 5.92 Å². The highest BCUT2D eigenvalue weighted by atomic mass is 16.6. The molecule has 2 N–H and O–H groups in total. The Morgan fingerprint density at radius 2 is 1.92 bits per heavy atom. The molecule has 2 atom stereocenters. The molecule has 25 heavy (non-hydrogen) atoms. The van der Waals surface area contributed by atoms with Crippen molar-refractivity contribution in [2.75, 3.05) is 0 Å². The van der Waals surface area contributed by atoms with Gasteiger partial charge in [0.15, 0.2) is 0 Å². The molecule has 1 amide bonds. The van der Waals surface area contributed by atoms with E-state index in [9.17, 15) is 14.7 Å². The van der Waals surface area contributed by atoms with Crippen LogP contribution < -0.4 is 5.32 Å². The van der Waals surface area contributed by atoms with E-state index in [0.717, 1.165) is 12.0 Å². The molecule has 0 aliphatic heterocycles. The third-order valence-electron chi connectivity index (χ3n) is 3.82. The predicted molar refractivity (Wildman–Crippen MR) is 96.6 cm³/mol. The molecule has 1 unspecified atom stereocenters. The van der Waals surface area contributed by atoms with Gasteiger partial charge in [0, 0.05) is 12.3 Å². The number of hydrogen-bond acceptors (Lipinski definition) is 3. The summed E-state index contributed by atoms with van der Waals surface area (Å²) in [6, 6.07) is 6.81. The number of ether oxygens (including phenoxy) is 1. The first-order chi connectivity index (χ1) is 11.7. The number of carbonyl (C=O) groups excluding carboxylic acids is 1. The van der Waals surface area contributed by atoms with Crippen LogP contribution in [0.1, 0.15) is 44.2 Å². The summed E-state index contributed by atoms with van der Waals surface area (Å²) in [5, 5.41) is 11.8. The highest BCUT2D eigenvalue weighted by Gasteiger charge is 2.24. The molecule has 1 aliphatic rings. The fourth-order valence-electron chi connectivity index (χ4n) is 2.61. The summed E-state index contributed by atoms with van der Waals surface area (Å²) in [7, 11) is 0. The smallest absolute Gasteiger partial charge is 0.408 e. The van der Waals surface area contributed by atoms with Gasteiger partial charge in [-0.3, -0.25) is 0 Å². The number of benzene rings is 1. The Balaban J connectivity index is 1.99. The molecular weight excluding hydrogens is 318 g/mol. The average Bonchev–Trinajstić information content (AvgIpc) is 2.54. The average molecular weight is 343 g/mol. The van der Waals surface area contributed by atoms with Crippen LogP contribution in [0.15, 0.2) is 48.6 Å². The standard InChI is InChI=1S/C20H25NO4/c1-20(2,3)25-19(24)21-17(18(22)23)13-14-9-11-16(12-10-14)15-7-5-4-6-8-15/h4-7,9-12,15,17H,8,13H2,1-3H3,(H,21,24)(H,22,23)/t15?,17-/m0/s1. The molecule has 1 aliphatic carbocycles. The molecule has 0 bridgehead atoms. The Morgan fingerprint density at radius 1 is 1.24 bits per heavy atom. The van der Waals surface area contributed by atoms with Crippen molar-refractivity contribution in [3.8, 4) is 0 Å². The lowest BCUT2D eigenvalue weighted by Crippen LogP contribution is -2.44. The van der Waals surface area contributed by atoms with E-state index in [1.807, 2.05) is 36.4 Å². The van der Waals surface area contributed by atoms with Crippen molar-refractivity contribution in [1.82, 2.24) is 5.32 Å². The predicted octanol–water partition coefficient (Wildman–Crippen LogP) is 3.81. The lowest BCUT2D eigenvalue weighted by Gasteiger charge is -2.22. The maximum absolute atomic E-state index is 11.8. The SMILES string of the molecule is CC(C)(C)OC(=O)N[C@@H](Cc1ccc(C2C=CC=CC2)cc1)C(=O)O. The number of carboxylic acid groups (broad SMARTS) is 1. The minimum Gasteiger partial charge on any atom is -0.480 e. The highest BCUT2D eigenvalue weighted by Crippen LogP contribution is 2.24. The van der Waals surface area contributed by atoms with Gasteiger partial charge in [-0.2, -0.15) is 0 Å². The van der Waals surface area contributed by atoms with Gasteiger partial charge < -0.3 is 15.2 Å². The zero-order valence-corrected chi connectivity index (χ0v) is 14.9. The normalized spacial score (nSPS) is 17.8. The summed E-state index contributed by atoms with van der Waals surface area (Å²) in [5.41, 5.74) is 1.37. The van der Waals surface area contributed by atoms with E-state index < -0.39 is 23.7 Å². The zero-order chi connectivity index (χ0) is 18.4. The summed E-state index contributed by atoms with van der Waals surface area (Å²) in [6.07, 6.45) is 8.79. The molecule has 5 nitrogen and oxygen atoms in total. The lowest BCUT2D eigenvalue weighted by molar-refractivity contribution is -0.139. The minimum absolute atomic E-state index is 0.204. The van der Waals surface area contributed by atoms with Crippen LogP contribution in [0.4, 0.5) is 4.79 Å². The van der Waals surface area contributed by atoms with Crippen molar-refractivity contribution in [3.63, 3.8) is 0 Å². The first kappa shape index (κ1) is 18.8. The van der Waals surface area contributed by atoms with Gasteiger partial charge in [-0.1, -0.05) is 48.6 Å². The van der Waals surface area contributed by atoms with Crippen LogP contribution >= 0.6 is 0 Å². The summed E-state index contributed by atoms with van der Waals surface area (Å²) < 4.78 is 5.13.